The molecule has 1 aromatic heterocycles. The van der Waals surface area contributed by atoms with Crippen molar-refractivity contribution in [1.29, 1.82) is 0 Å². The lowest BCUT2D eigenvalue weighted by atomic mass is 9.99. The van der Waals surface area contributed by atoms with Gasteiger partial charge in [-0.25, -0.2) is 0 Å². The highest BCUT2D eigenvalue weighted by Crippen LogP contribution is 2.39. The average Bonchev–Trinajstić information content (AvgIpc) is 2.95. The molecule has 3 aromatic rings. The number of fused-ring (bicyclic) bond motifs is 1. The molecule has 2 aliphatic heterocycles. The predicted octanol–water partition coefficient (Wildman–Crippen LogP) is -2.08. The minimum atomic E-state index is -1.92. The molecule has 0 bridgehead atoms. The first-order valence-corrected chi connectivity index (χ1v) is 12.6. The highest BCUT2D eigenvalue weighted by atomic mass is 16.7. The summed E-state index contributed by atoms with van der Waals surface area (Å²) >= 11 is 0. The summed E-state index contributed by atoms with van der Waals surface area (Å²) in [6, 6.07) is 5.31. The summed E-state index contributed by atoms with van der Waals surface area (Å²) in [5.74, 6) is -3.18. The van der Waals surface area contributed by atoms with E-state index in [-0.39, 0.29) is 16.9 Å². The third-order valence-corrected chi connectivity index (χ3v) is 6.98. The van der Waals surface area contributed by atoms with Crippen LogP contribution in [0.2, 0.25) is 0 Å². The van der Waals surface area contributed by atoms with Gasteiger partial charge in [-0.1, -0.05) is 0 Å². The van der Waals surface area contributed by atoms with E-state index in [1.807, 2.05) is 0 Å². The fraction of sp³-hybridized carbons (Fsp3) is 0.423. The van der Waals surface area contributed by atoms with Gasteiger partial charge >= 0.3 is 0 Å². The molecule has 5 rings (SSSR count). The van der Waals surface area contributed by atoms with E-state index < -0.39 is 108 Å². The Morgan fingerprint density at radius 1 is 0.810 bits per heavy atom. The van der Waals surface area contributed by atoms with Crippen LogP contribution in [0.5, 0.6) is 28.7 Å². The van der Waals surface area contributed by atoms with Crippen LogP contribution < -0.4 is 10.2 Å². The van der Waals surface area contributed by atoms with Crippen molar-refractivity contribution < 1.29 is 74.4 Å². The number of phenols is 4. The average molecular weight is 596 g/mol. The van der Waals surface area contributed by atoms with Gasteiger partial charge in [-0.15, -0.1) is 0 Å². The number of benzene rings is 2. The van der Waals surface area contributed by atoms with Gasteiger partial charge in [0.25, 0.3) is 0 Å². The van der Waals surface area contributed by atoms with E-state index in [1.165, 1.54) is 6.07 Å². The molecule has 42 heavy (non-hydrogen) atoms. The molecular weight excluding hydrogens is 568 g/mol. The highest BCUT2D eigenvalue weighted by molar-refractivity contribution is 5.88. The Hall–Kier alpha value is -3.71. The maximum absolute atomic E-state index is 13.5. The number of aliphatic hydroxyl groups excluding tert-OH is 6. The fourth-order valence-electron chi connectivity index (χ4n) is 4.69. The third kappa shape index (κ3) is 5.31. The number of ether oxygens (including phenoxy) is 4. The summed E-state index contributed by atoms with van der Waals surface area (Å²) in [7, 11) is 0. The maximum Gasteiger partial charge on any atom is 0.239 e. The first-order valence-electron chi connectivity index (χ1n) is 12.6. The van der Waals surface area contributed by atoms with Crippen LogP contribution in [-0.4, -0.2) is 120 Å². The zero-order valence-corrected chi connectivity index (χ0v) is 21.4. The zero-order valence-electron chi connectivity index (χ0n) is 21.4. The predicted molar refractivity (Wildman–Crippen MR) is 136 cm³/mol. The first-order chi connectivity index (χ1) is 19.9. The van der Waals surface area contributed by atoms with E-state index in [9.17, 15) is 55.9 Å². The molecule has 0 amide bonds. The molecule has 3 heterocycles. The van der Waals surface area contributed by atoms with E-state index in [1.54, 1.807) is 0 Å². The highest BCUT2D eigenvalue weighted by Gasteiger charge is 2.48. The minimum absolute atomic E-state index is 0.00296. The van der Waals surface area contributed by atoms with E-state index >= 15 is 0 Å². The number of hydrogen-bond donors (Lipinski definition) is 10. The normalized spacial score (nSPS) is 31.7. The van der Waals surface area contributed by atoms with Crippen LogP contribution >= 0.6 is 0 Å². The van der Waals surface area contributed by atoms with Gasteiger partial charge in [0.2, 0.25) is 17.5 Å². The van der Waals surface area contributed by atoms with Crippen molar-refractivity contribution in [3.05, 3.63) is 40.6 Å². The second kappa shape index (κ2) is 11.5. The molecule has 2 aromatic carbocycles. The molecule has 16 heteroatoms. The summed E-state index contributed by atoms with van der Waals surface area (Å²) in [5, 5.41) is 100. The van der Waals surface area contributed by atoms with E-state index in [4.69, 9.17) is 23.4 Å². The molecule has 228 valence electrons. The molecule has 2 fully saturated rings. The van der Waals surface area contributed by atoms with Gasteiger partial charge in [0.15, 0.2) is 23.5 Å². The molecule has 0 radical (unpaired) electrons. The summed E-state index contributed by atoms with van der Waals surface area (Å²) in [4.78, 5) is 13.5. The van der Waals surface area contributed by atoms with Crippen LogP contribution in [-0.2, 0) is 14.2 Å². The van der Waals surface area contributed by atoms with Crippen LogP contribution in [0.1, 0.15) is 0 Å². The second-order valence-electron chi connectivity index (χ2n) is 9.80. The van der Waals surface area contributed by atoms with Crippen LogP contribution in [0.25, 0.3) is 22.3 Å². The molecule has 10 N–H and O–H groups in total. The first kappa shape index (κ1) is 29.8. The number of phenolic OH excluding ortho intramolecular Hbond substituents is 4. The second-order valence-corrected chi connectivity index (χ2v) is 9.80. The quantitative estimate of drug-likeness (QED) is 0.137. The summed E-state index contributed by atoms with van der Waals surface area (Å²) in [6.45, 7) is -1.25. The zero-order chi connectivity index (χ0) is 30.5. The van der Waals surface area contributed by atoms with Gasteiger partial charge in [-0.2, -0.15) is 0 Å². The molecule has 2 saturated heterocycles. The summed E-state index contributed by atoms with van der Waals surface area (Å²) in [6.07, 6.45) is -15.0. The maximum atomic E-state index is 13.5. The van der Waals surface area contributed by atoms with Crippen LogP contribution in [0.3, 0.4) is 0 Å². The smallest absolute Gasteiger partial charge is 0.239 e. The Bertz CT molecular complexity index is 1500. The van der Waals surface area contributed by atoms with Crippen molar-refractivity contribution >= 4 is 11.0 Å². The van der Waals surface area contributed by atoms with Gasteiger partial charge in [0.1, 0.15) is 65.2 Å². The van der Waals surface area contributed by atoms with Crippen LogP contribution in [0, 0.1) is 0 Å². The Balaban J connectivity index is 1.44. The van der Waals surface area contributed by atoms with Crippen molar-refractivity contribution in [3.8, 4) is 40.1 Å². The standard InChI is InChI=1S/C26H28O16/c27-6-14-17(32)20(35)22(37)26(40-14)41-15-7-38-25(21(36)18(15)33)42-24-19(34)16-12(31)4-9(28)5-13(16)39-23(24)8-1-2-10(29)11(30)3-8/h1-5,14-15,17-18,20-22,25-33,35-37H,6-7H2/t14-,15+,17+,18+,20+,21-,22-,25+,26+/m1/s1. The Morgan fingerprint density at radius 3 is 2.21 bits per heavy atom. The number of aliphatic hydroxyl groups is 6. The van der Waals surface area contributed by atoms with Crippen LogP contribution in [0.4, 0.5) is 0 Å². The molecular formula is C26H28O16. The number of rotatable bonds is 6. The van der Waals surface area contributed by atoms with Crippen molar-refractivity contribution in [2.24, 2.45) is 0 Å². The molecule has 0 aliphatic carbocycles. The molecule has 0 spiro atoms. The van der Waals surface area contributed by atoms with Crippen LogP contribution in [0.15, 0.2) is 39.5 Å². The van der Waals surface area contributed by atoms with E-state index in [2.05, 4.69) is 0 Å². The SMILES string of the molecule is O=c1c(O[C@@H]2OC[C@H](O[C@@H]3O[C@H](CO)[C@H](O)[C@H](O)[C@H]3O)[C@H](O)[C@H]2O)c(-c2ccc(O)c(O)c2)oc2cc(O)cc(O)c12. The third-order valence-electron chi connectivity index (χ3n) is 6.98. The number of hydrogen-bond acceptors (Lipinski definition) is 16. The lowest BCUT2D eigenvalue weighted by Crippen LogP contribution is -2.62. The molecule has 2 aliphatic rings. The largest absolute Gasteiger partial charge is 0.508 e. The monoisotopic (exact) mass is 596 g/mol. The van der Waals surface area contributed by atoms with Gasteiger partial charge < -0.3 is 74.4 Å². The minimum Gasteiger partial charge on any atom is -0.508 e. The number of aromatic hydroxyl groups is 4. The van der Waals surface area contributed by atoms with Crippen molar-refractivity contribution in [2.45, 2.75) is 55.3 Å². The molecule has 0 saturated carbocycles. The summed E-state index contributed by atoms with van der Waals surface area (Å²) < 4.78 is 27.6. The Labute approximate surface area is 235 Å². The van der Waals surface area contributed by atoms with Crippen molar-refractivity contribution in [1.82, 2.24) is 0 Å². The topological polar surface area (TPSA) is 269 Å². The lowest BCUT2D eigenvalue weighted by Gasteiger charge is -2.43. The fourth-order valence-corrected chi connectivity index (χ4v) is 4.69. The molecule has 9 atom stereocenters. The molecule has 16 nitrogen and oxygen atoms in total. The van der Waals surface area contributed by atoms with Gasteiger partial charge in [-0.05, 0) is 18.2 Å². The van der Waals surface area contributed by atoms with E-state index in [0.29, 0.717) is 0 Å². The Kier molecular flexibility index (Phi) is 8.17. The van der Waals surface area contributed by atoms with Gasteiger partial charge in [0.05, 0.1) is 13.2 Å². The van der Waals surface area contributed by atoms with Crippen molar-refractivity contribution in [2.75, 3.05) is 13.2 Å². The summed E-state index contributed by atoms with van der Waals surface area (Å²) in [5.41, 5.74) is -1.26. The molecule has 0 unspecified atom stereocenters. The van der Waals surface area contributed by atoms with Gasteiger partial charge in [0, 0.05) is 17.7 Å². The Morgan fingerprint density at radius 2 is 1.52 bits per heavy atom. The van der Waals surface area contributed by atoms with E-state index in [0.717, 1.165) is 24.3 Å². The van der Waals surface area contributed by atoms with Crippen molar-refractivity contribution in [3.63, 3.8) is 0 Å². The van der Waals surface area contributed by atoms with Gasteiger partial charge in [-0.3, -0.25) is 4.79 Å². The lowest BCUT2D eigenvalue weighted by molar-refractivity contribution is -0.338.